The molecule has 1 N–H and O–H groups in total. The Labute approximate surface area is 78.1 Å². The smallest absolute Gasteiger partial charge is 0.109 e. The lowest BCUT2D eigenvalue weighted by Gasteiger charge is -2.36. The predicted octanol–water partition coefficient (Wildman–Crippen LogP) is 2.48. The van der Waals surface area contributed by atoms with E-state index in [1.54, 1.807) is 0 Å². The Hall–Kier alpha value is -1.05. The quantitative estimate of drug-likeness (QED) is 0.651. The second-order valence-corrected chi connectivity index (χ2v) is 4.20. The average Bonchev–Trinajstić information content (AvgIpc) is 2.72. The van der Waals surface area contributed by atoms with Crippen LogP contribution in [0.5, 0.6) is 0 Å². The Balaban J connectivity index is 1.91. The van der Waals surface area contributed by atoms with E-state index in [2.05, 4.69) is 22.1 Å². The Morgan fingerprint density at radius 1 is 1.31 bits per heavy atom. The lowest BCUT2D eigenvalue weighted by molar-refractivity contribution is 0.276. The molecule has 0 aliphatic heterocycles. The highest BCUT2D eigenvalue weighted by Crippen LogP contribution is 2.44. The summed E-state index contributed by atoms with van der Waals surface area (Å²) in [5, 5.41) is 0. The van der Waals surface area contributed by atoms with Gasteiger partial charge in [-0.25, -0.2) is 4.98 Å². The summed E-state index contributed by atoms with van der Waals surface area (Å²) in [5.41, 5.74) is 0. The summed E-state index contributed by atoms with van der Waals surface area (Å²) >= 11 is 0. The summed E-state index contributed by atoms with van der Waals surface area (Å²) in [5.74, 6) is 3.43. The van der Waals surface area contributed by atoms with Crippen LogP contribution in [0.25, 0.3) is 0 Å². The van der Waals surface area contributed by atoms with Gasteiger partial charge in [0.25, 0.3) is 0 Å². The largest absolute Gasteiger partial charge is 0.348 e. The Morgan fingerprint density at radius 2 is 2.31 bits per heavy atom. The molecule has 1 fully saturated rings. The third kappa shape index (κ3) is 1.12. The molecule has 1 saturated carbocycles. The molecule has 2 nitrogen and oxygen atoms in total. The van der Waals surface area contributed by atoms with Crippen LogP contribution in [-0.2, 0) is 0 Å². The van der Waals surface area contributed by atoms with Gasteiger partial charge in [0.2, 0.25) is 0 Å². The number of H-pyrrole nitrogens is 1. The first kappa shape index (κ1) is 7.36. The van der Waals surface area contributed by atoms with Crippen molar-refractivity contribution in [3.05, 3.63) is 30.4 Å². The second kappa shape index (κ2) is 2.72. The van der Waals surface area contributed by atoms with Crippen LogP contribution in [0.2, 0.25) is 0 Å². The van der Waals surface area contributed by atoms with Gasteiger partial charge in [0.15, 0.2) is 0 Å². The van der Waals surface area contributed by atoms with E-state index < -0.39 is 0 Å². The Bertz CT molecular complexity index is 313. The molecule has 0 saturated heterocycles. The first-order valence-corrected chi connectivity index (χ1v) is 5.11. The summed E-state index contributed by atoms with van der Waals surface area (Å²) < 4.78 is 0. The summed E-state index contributed by atoms with van der Waals surface area (Å²) in [4.78, 5) is 7.62. The van der Waals surface area contributed by atoms with Gasteiger partial charge < -0.3 is 4.98 Å². The summed E-state index contributed by atoms with van der Waals surface area (Å²) in [6.07, 6.45) is 12.6. The van der Waals surface area contributed by atoms with Gasteiger partial charge in [-0.2, -0.15) is 0 Å². The Morgan fingerprint density at radius 3 is 2.85 bits per heavy atom. The Kier molecular flexibility index (Phi) is 1.54. The molecule has 1 heterocycles. The van der Waals surface area contributed by atoms with Crippen molar-refractivity contribution in [1.29, 1.82) is 0 Å². The topological polar surface area (TPSA) is 28.7 Å². The van der Waals surface area contributed by atoms with Crippen molar-refractivity contribution in [2.75, 3.05) is 0 Å². The molecule has 0 radical (unpaired) electrons. The highest BCUT2D eigenvalue weighted by atomic mass is 14.9. The minimum Gasteiger partial charge on any atom is -0.348 e. The zero-order valence-electron chi connectivity index (χ0n) is 7.61. The van der Waals surface area contributed by atoms with Crippen LogP contribution in [0, 0.1) is 11.8 Å². The molecule has 3 aliphatic carbocycles. The van der Waals surface area contributed by atoms with Crippen molar-refractivity contribution in [2.45, 2.75) is 25.2 Å². The van der Waals surface area contributed by atoms with Crippen LogP contribution in [0.4, 0.5) is 0 Å². The van der Waals surface area contributed by atoms with Gasteiger partial charge in [-0.1, -0.05) is 12.2 Å². The number of hydrogen-bond donors (Lipinski definition) is 1. The summed E-state index contributed by atoms with van der Waals surface area (Å²) in [6, 6.07) is 0. The SMILES string of the molecule is C1=CC2CCC1CC2c1ncc[nH]1. The molecule has 0 aromatic carbocycles. The molecule has 0 spiro atoms. The molecule has 1 aromatic heterocycles. The van der Waals surface area contributed by atoms with Crippen LogP contribution < -0.4 is 0 Å². The molecule has 13 heavy (non-hydrogen) atoms. The van der Waals surface area contributed by atoms with E-state index in [1.807, 2.05) is 12.4 Å². The van der Waals surface area contributed by atoms with E-state index in [0.717, 1.165) is 11.8 Å². The van der Waals surface area contributed by atoms with Gasteiger partial charge in [0, 0.05) is 18.3 Å². The minimum absolute atomic E-state index is 0.666. The van der Waals surface area contributed by atoms with Crippen molar-refractivity contribution in [3.63, 3.8) is 0 Å². The third-order valence-electron chi connectivity index (χ3n) is 3.45. The zero-order chi connectivity index (χ0) is 8.67. The molecule has 3 aliphatic rings. The highest BCUT2D eigenvalue weighted by Gasteiger charge is 2.33. The molecular formula is C11H14N2. The maximum atomic E-state index is 4.37. The van der Waals surface area contributed by atoms with Crippen LogP contribution in [-0.4, -0.2) is 9.97 Å². The molecular weight excluding hydrogens is 160 g/mol. The van der Waals surface area contributed by atoms with Gasteiger partial charge in [-0.15, -0.1) is 0 Å². The second-order valence-electron chi connectivity index (χ2n) is 4.20. The number of aromatic nitrogens is 2. The number of rotatable bonds is 1. The van der Waals surface area contributed by atoms with E-state index >= 15 is 0 Å². The monoisotopic (exact) mass is 174 g/mol. The number of nitrogens with one attached hydrogen (secondary N) is 1. The average molecular weight is 174 g/mol. The number of hydrogen-bond acceptors (Lipinski definition) is 1. The van der Waals surface area contributed by atoms with Gasteiger partial charge in [-0.05, 0) is 31.1 Å². The van der Waals surface area contributed by atoms with Crippen LogP contribution >= 0.6 is 0 Å². The van der Waals surface area contributed by atoms with Crippen molar-refractivity contribution < 1.29 is 0 Å². The lowest BCUT2D eigenvalue weighted by atomic mass is 9.69. The normalized spacial score (nSPS) is 36.8. The number of nitrogens with zero attached hydrogens (tertiary/aromatic N) is 1. The van der Waals surface area contributed by atoms with Crippen LogP contribution in [0.1, 0.15) is 31.0 Å². The highest BCUT2D eigenvalue weighted by molar-refractivity contribution is 5.14. The maximum Gasteiger partial charge on any atom is 0.109 e. The van der Waals surface area contributed by atoms with E-state index in [4.69, 9.17) is 0 Å². The molecule has 2 heteroatoms. The van der Waals surface area contributed by atoms with Crippen molar-refractivity contribution in [1.82, 2.24) is 9.97 Å². The van der Waals surface area contributed by atoms with E-state index in [-0.39, 0.29) is 0 Å². The first-order valence-electron chi connectivity index (χ1n) is 5.11. The van der Waals surface area contributed by atoms with Crippen molar-refractivity contribution in [3.8, 4) is 0 Å². The number of imidazole rings is 1. The van der Waals surface area contributed by atoms with Crippen molar-refractivity contribution >= 4 is 0 Å². The molecule has 3 atom stereocenters. The maximum absolute atomic E-state index is 4.37. The number of fused-ring (bicyclic) bond motifs is 2. The molecule has 2 bridgehead atoms. The lowest BCUT2D eigenvalue weighted by Crippen LogP contribution is -2.26. The fourth-order valence-corrected chi connectivity index (χ4v) is 2.73. The first-order chi connectivity index (χ1) is 6.43. The molecule has 1 aromatic rings. The third-order valence-corrected chi connectivity index (χ3v) is 3.45. The molecule has 4 rings (SSSR count). The van der Waals surface area contributed by atoms with Crippen LogP contribution in [0.3, 0.4) is 0 Å². The summed E-state index contributed by atoms with van der Waals surface area (Å²) in [6.45, 7) is 0. The predicted molar refractivity (Wildman–Crippen MR) is 51.3 cm³/mol. The van der Waals surface area contributed by atoms with Crippen LogP contribution in [0.15, 0.2) is 24.5 Å². The number of aromatic amines is 1. The van der Waals surface area contributed by atoms with Crippen molar-refractivity contribution in [2.24, 2.45) is 11.8 Å². The zero-order valence-corrected chi connectivity index (χ0v) is 7.61. The fraction of sp³-hybridized carbons (Fsp3) is 0.545. The summed E-state index contributed by atoms with van der Waals surface area (Å²) in [7, 11) is 0. The number of allylic oxidation sites excluding steroid dienone is 2. The molecule has 0 amide bonds. The van der Waals surface area contributed by atoms with Gasteiger partial charge in [0.1, 0.15) is 5.82 Å². The van der Waals surface area contributed by atoms with Gasteiger partial charge in [0.05, 0.1) is 0 Å². The fourth-order valence-electron chi connectivity index (χ4n) is 2.73. The molecule has 68 valence electrons. The minimum atomic E-state index is 0.666. The van der Waals surface area contributed by atoms with E-state index in [1.165, 1.54) is 25.1 Å². The van der Waals surface area contributed by atoms with E-state index in [0.29, 0.717) is 5.92 Å². The van der Waals surface area contributed by atoms with Gasteiger partial charge >= 0.3 is 0 Å². The molecule has 3 unspecified atom stereocenters. The van der Waals surface area contributed by atoms with E-state index in [9.17, 15) is 0 Å². The standard InChI is InChI=1S/C11H14N2/c1-3-9-4-2-8(1)7-10(9)11-12-5-6-13-11/h1,3,5-6,8-10H,2,4,7H2,(H,12,13). The van der Waals surface area contributed by atoms with Gasteiger partial charge in [-0.3, -0.25) is 0 Å².